The summed E-state index contributed by atoms with van der Waals surface area (Å²) in [4.78, 5) is 36.8. The van der Waals surface area contributed by atoms with Gasteiger partial charge < -0.3 is 25.2 Å². The number of carbonyl (C=O) groups is 3. The molecule has 0 aliphatic carbocycles. The number of ether oxygens (including phenoxy) is 2. The van der Waals surface area contributed by atoms with Crippen molar-refractivity contribution in [3.8, 4) is 0 Å². The summed E-state index contributed by atoms with van der Waals surface area (Å²) in [5.74, 6) is 0.356. The first-order chi connectivity index (χ1) is 21.7. The Hall–Kier alpha value is -4.28. The van der Waals surface area contributed by atoms with Gasteiger partial charge >= 0.3 is 0 Å². The number of aliphatic hydroxyl groups excluding tert-OH is 1. The lowest BCUT2D eigenvalue weighted by Crippen LogP contribution is -2.31. The van der Waals surface area contributed by atoms with Gasteiger partial charge in [-0.3, -0.25) is 14.4 Å². The van der Waals surface area contributed by atoms with Crippen molar-refractivity contribution in [2.75, 3.05) is 16.4 Å². The fourth-order valence-electron chi connectivity index (χ4n) is 5.05. The van der Waals surface area contributed by atoms with Gasteiger partial charge in [0.15, 0.2) is 12.1 Å². The van der Waals surface area contributed by atoms with Crippen LogP contribution in [0.2, 0.25) is 0 Å². The first kappa shape index (κ1) is 32.1. The third kappa shape index (κ3) is 9.12. The molecule has 0 spiro atoms. The standard InChI is InChI=1S/C36H36N2O6S/c1-23(40)29-4-3-5-31(19-29)38-35(42)18-25-6-12-28(13-7-25)36-43-32(20-34(44-36)27-10-8-26(21-39)9-11-27)22-45-33-16-14-30(15-17-33)37-24(2)41/h3-17,19,32,34,36,39H,18,20-22H2,1-2H3,(H,37,41)(H,38,42)/t32-,34+,36?/m0/s1. The van der Waals surface area contributed by atoms with Crippen LogP contribution in [-0.4, -0.2) is 34.6 Å². The van der Waals surface area contributed by atoms with Crippen LogP contribution in [0, 0.1) is 0 Å². The molecule has 1 unspecified atom stereocenters. The topological polar surface area (TPSA) is 114 Å². The van der Waals surface area contributed by atoms with Crippen LogP contribution in [0.15, 0.2) is 102 Å². The Morgan fingerprint density at radius 3 is 2.16 bits per heavy atom. The molecule has 4 aromatic carbocycles. The second-order valence-corrected chi connectivity index (χ2v) is 12.1. The molecule has 4 aromatic rings. The number of anilines is 2. The van der Waals surface area contributed by atoms with Crippen LogP contribution < -0.4 is 10.6 Å². The SMILES string of the molecule is CC(=O)Nc1ccc(SC[C@@H]2C[C@H](c3ccc(CO)cc3)OC(c3ccc(CC(=O)Nc4cccc(C(C)=O)c4)cc3)O2)cc1. The van der Waals surface area contributed by atoms with E-state index in [0.29, 0.717) is 23.4 Å². The van der Waals surface area contributed by atoms with E-state index in [9.17, 15) is 19.5 Å². The number of nitrogens with one attached hydrogen (secondary N) is 2. The van der Waals surface area contributed by atoms with E-state index >= 15 is 0 Å². The highest BCUT2D eigenvalue weighted by Gasteiger charge is 2.32. The largest absolute Gasteiger partial charge is 0.392 e. The maximum absolute atomic E-state index is 12.7. The van der Waals surface area contributed by atoms with Gasteiger partial charge in [-0.25, -0.2) is 0 Å². The van der Waals surface area contributed by atoms with Crippen molar-refractivity contribution in [1.82, 2.24) is 0 Å². The van der Waals surface area contributed by atoms with Crippen molar-refractivity contribution in [3.05, 3.63) is 125 Å². The maximum atomic E-state index is 12.7. The third-order valence-corrected chi connectivity index (χ3v) is 8.54. The molecule has 0 bridgehead atoms. The van der Waals surface area contributed by atoms with Gasteiger partial charge in [-0.05, 0) is 60.0 Å². The molecule has 5 rings (SSSR count). The molecule has 0 aromatic heterocycles. The molecule has 2 amide bonds. The Morgan fingerprint density at radius 2 is 1.49 bits per heavy atom. The normalized spacial score (nSPS) is 17.8. The van der Waals surface area contributed by atoms with Crippen LogP contribution in [0.4, 0.5) is 11.4 Å². The van der Waals surface area contributed by atoms with Crippen LogP contribution in [0.5, 0.6) is 0 Å². The molecule has 0 radical (unpaired) electrons. The van der Waals surface area contributed by atoms with Crippen molar-refractivity contribution in [3.63, 3.8) is 0 Å². The highest BCUT2D eigenvalue weighted by atomic mass is 32.2. The number of Topliss-reactive ketones (excluding diaryl/α,β-unsaturated/α-hetero) is 1. The van der Waals surface area contributed by atoms with Crippen molar-refractivity contribution in [2.24, 2.45) is 0 Å². The molecular formula is C36H36N2O6S. The second-order valence-electron chi connectivity index (χ2n) is 11.0. The highest BCUT2D eigenvalue weighted by molar-refractivity contribution is 7.99. The van der Waals surface area contributed by atoms with Crippen LogP contribution in [0.25, 0.3) is 0 Å². The molecule has 1 saturated heterocycles. The summed E-state index contributed by atoms with van der Waals surface area (Å²) < 4.78 is 12.9. The van der Waals surface area contributed by atoms with Gasteiger partial charge in [0.05, 0.1) is 25.2 Å². The average Bonchev–Trinajstić information content (AvgIpc) is 3.04. The van der Waals surface area contributed by atoms with Crippen LogP contribution in [0.3, 0.4) is 0 Å². The smallest absolute Gasteiger partial charge is 0.228 e. The van der Waals surface area contributed by atoms with E-state index in [1.807, 2.05) is 72.8 Å². The van der Waals surface area contributed by atoms with E-state index in [1.54, 1.807) is 36.0 Å². The quantitative estimate of drug-likeness (QED) is 0.123. The minimum atomic E-state index is -0.605. The van der Waals surface area contributed by atoms with Gasteiger partial charge in [0.25, 0.3) is 0 Å². The maximum Gasteiger partial charge on any atom is 0.228 e. The van der Waals surface area contributed by atoms with E-state index in [1.165, 1.54) is 13.8 Å². The van der Waals surface area contributed by atoms with Crippen molar-refractivity contribution < 1.29 is 29.0 Å². The summed E-state index contributed by atoms with van der Waals surface area (Å²) in [6, 6.07) is 30.0. The second kappa shape index (κ2) is 15.1. The number of hydrogen-bond donors (Lipinski definition) is 3. The average molecular weight is 625 g/mol. The molecular weight excluding hydrogens is 588 g/mol. The van der Waals surface area contributed by atoms with E-state index in [2.05, 4.69) is 10.6 Å². The summed E-state index contributed by atoms with van der Waals surface area (Å²) in [6.07, 6.45) is -0.0830. The van der Waals surface area contributed by atoms with E-state index < -0.39 is 6.29 Å². The van der Waals surface area contributed by atoms with Crippen LogP contribution in [0.1, 0.15) is 65.3 Å². The fourth-order valence-corrected chi connectivity index (χ4v) is 5.97. The van der Waals surface area contributed by atoms with E-state index in [4.69, 9.17) is 9.47 Å². The van der Waals surface area contributed by atoms with Gasteiger partial charge in [-0.15, -0.1) is 11.8 Å². The monoisotopic (exact) mass is 624 g/mol. The van der Waals surface area contributed by atoms with E-state index in [0.717, 1.165) is 32.8 Å². The van der Waals surface area contributed by atoms with Crippen LogP contribution in [-0.2, 0) is 32.1 Å². The predicted molar refractivity (Wildman–Crippen MR) is 175 cm³/mol. The summed E-state index contributed by atoms with van der Waals surface area (Å²) in [5, 5.41) is 15.1. The number of amides is 2. The zero-order valence-corrected chi connectivity index (χ0v) is 26.0. The van der Waals surface area contributed by atoms with E-state index in [-0.39, 0.29) is 42.8 Å². The zero-order valence-electron chi connectivity index (χ0n) is 25.2. The lowest BCUT2D eigenvalue weighted by Gasteiger charge is -2.36. The van der Waals surface area contributed by atoms with Gasteiger partial charge in [0, 0.05) is 46.5 Å². The van der Waals surface area contributed by atoms with Crippen molar-refractivity contribution in [1.29, 1.82) is 0 Å². The molecule has 45 heavy (non-hydrogen) atoms. The van der Waals surface area contributed by atoms with Gasteiger partial charge in [-0.1, -0.05) is 60.7 Å². The highest BCUT2D eigenvalue weighted by Crippen LogP contribution is 2.39. The number of carbonyl (C=O) groups excluding carboxylic acids is 3. The van der Waals surface area contributed by atoms with Crippen LogP contribution >= 0.6 is 11.8 Å². The minimum Gasteiger partial charge on any atom is -0.392 e. The molecule has 1 heterocycles. The lowest BCUT2D eigenvalue weighted by molar-refractivity contribution is -0.245. The third-order valence-electron chi connectivity index (χ3n) is 7.39. The summed E-state index contributed by atoms with van der Waals surface area (Å²) >= 11 is 1.68. The number of rotatable bonds is 11. The number of aliphatic hydroxyl groups is 1. The van der Waals surface area contributed by atoms with Crippen molar-refractivity contribution in [2.45, 2.75) is 56.7 Å². The molecule has 1 aliphatic heterocycles. The van der Waals surface area contributed by atoms with Gasteiger partial charge in [0.1, 0.15) is 0 Å². The molecule has 8 nitrogen and oxygen atoms in total. The Labute approximate surface area is 267 Å². The lowest BCUT2D eigenvalue weighted by atomic mass is 10.0. The first-order valence-electron chi connectivity index (χ1n) is 14.8. The molecule has 232 valence electrons. The molecule has 3 N–H and O–H groups in total. The van der Waals surface area contributed by atoms with Gasteiger partial charge in [-0.2, -0.15) is 0 Å². The summed E-state index contributed by atoms with van der Waals surface area (Å²) in [5.41, 5.74) is 5.41. The molecule has 3 atom stereocenters. The Balaban J connectivity index is 1.26. The first-order valence-corrected chi connectivity index (χ1v) is 15.7. The molecule has 1 fully saturated rings. The number of ketones is 1. The Morgan fingerprint density at radius 1 is 0.800 bits per heavy atom. The zero-order chi connectivity index (χ0) is 31.8. The summed E-state index contributed by atoms with van der Waals surface area (Å²) in [7, 11) is 0. The number of thioether (sulfide) groups is 1. The predicted octanol–water partition coefficient (Wildman–Crippen LogP) is 6.86. The minimum absolute atomic E-state index is 0.0211. The van der Waals surface area contributed by atoms with Gasteiger partial charge in [0.2, 0.25) is 11.8 Å². The number of hydrogen-bond acceptors (Lipinski definition) is 7. The molecule has 1 aliphatic rings. The molecule has 0 saturated carbocycles. The summed E-state index contributed by atoms with van der Waals surface area (Å²) in [6.45, 7) is 2.96. The van der Waals surface area contributed by atoms with Crippen molar-refractivity contribution >= 4 is 40.7 Å². The fraction of sp³-hybridized carbons (Fsp3) is 0.250. The Kier molecular flexibility index (Phi) is 10.8. The number of benzene rings is 4. The Bertz CT molecular complexity index is 1620. The molecule has 9 heteroatoms.